The van der Waals surface area contributed by atoms with Gasteiger partial charge in [0.2, 0.25) is 11.4 Å². The van der Waals surface area contributed by atoms with Crippen LogP contribution < -0.4 is 9.80 Å². The molecule has 1 aliphatic carbocycles. The zero-order chi connectivity index (χ0) is 82.6. The molecule has 0 N–H and O–H groups in total. The molecule has 0 saturated heterocycles. The number of carbonyl (C=O) groups is 4. The summed E-state index contributed by atoms with van der Waals surface area (Å²) in [6.45, 7) is 36.0. The molecule has 0 amide bonds. The standard InChI is InChI=1S/C52H73N2O6.C47H67N2O6/c1-40(2)48(56)29-32-58-34-36-60-38-37-59-35-33-57-31-16-20-43(55)19-9-8-14-30-54-47-24-13-11-22-45(47)52(5,6)50(54)28-26-42-18-15-17-41(39-42)25-27-49-51(3,4)44-21-10-12-23-46(44)53(49)7;1-37(2)43(51)27-30-53-32-34-55-36-35-54-33-31-52-29-18-20-38(50)19-10-9-17-28-49-42-24-16-14-22-40(42)47(5,6)45(49)26-12-8-11-25-44-46(3,4)39-21-13-15-23-41(39)48(44)7/h10-13,21-28,39-40H,8-9,14-20,29-38H2,1-7H3;8,11-16,21-26,37H,9-10,17-20,27-36H2,1-7H3/q2*+1. The summed E-state index contributed by atoms with van der Waals surface area (Å²) in [7, 11) is 4.34. The molecule has 0 fully saturated rings. The summed E-state index contributed by atoms with van der Waals surface area (Å²) in [5, 5.41) is 0. The van der Waals surface area contributed by atoms with Gasteiger partial charge in [-0.3, -0.25) is 19.2 Å². The number of hydrogen-bond acceptors (Lipinski definition) is 14. The number of ketones is 4. The van der Waals surface area contributed by atoms with Crippen molar-refractivity contribution >= 4 is 57.3 Å². The van der Waals surface area contributed by atoms with E-state index < -0.39 is 0 Å². The molecule has 0 aromatic heterocycles. The topological polar surface area (TPSA) is 155 Å². The predicted octanol–water partition coefficient (Wildman–Crippen LogP) is 19.6. The fourth-order valence-corrected chi connectivity index (χ4v) is 16.2. The third kappa shape index (κ3) is 27.7. The summed E-state index contributed by atoms with van der Waals surface area (Å²) < 4.78 is 48.9. The third-order valence-corrected chi connectivity index (χ3v) is 23.1. The number of nitrogens with zero attached hydrogens (tertiary/aromatic N) is 4. The van der Waals surface area contributed by atoms with Gasteiger partial charge < -0.3 is 47.7 Å². The van der Waals surface area contributed by atoms with E-state index in [1.54, 1.807) is 0 Å². The first-order valence-electron chi connectivity index (χ1n) is 43.1. The van der Waals surface area contributed by atoms with Crippen LogP contribution in [-0.4, -0.2) is 177 Å². The van der Waals surface area contributed by atoms with E-state index in [-0.39, 0.29) is 45.1 Å². The predicted molar refractivity (Wildman–Crippen MR) is 469 cm³/mol. The lowest BCUT2D eigenvalue weighted by Gasteiger charge is -2.27. The molecule has 0 spiro atoms. The quantitative estimate of drug-likeness (QED) is 0.0234. The number of hydrogen-bond donors (Lipinski definition) is 0. The third-order valence-electron chi connectivity index (χ3n) is 23.1. The average Bonchev–Trinajstić information content (AvgIpc) is 1.62. The zero-order valence-electron chi connectivity index (χ0n) is 72.6. The summed E-state index contributed by atoms with van der Waals surface area (Å²) in [5.41, 5.74) is 18.5. The van der Waals surface area contributed by atoms with Gasteiger partial charge in [-0.05, 0) is 132 Å². The van der Waals surface area contributed by atoms with Crippen molar-refractivity contribution in [2.24, 2.45) is 11.8 Å². The lowest BCUT2D eigenvalue weighted by molar-refractivity contribution is -0.401. The van der Waals surface area contributed by atoms with Gasteiger partial charge >= 0.3 is 0 Å². The van der Waals surface area contributed by atoms with Gasteiger partial charge in [0.05, 0.1) is 103 Å². The van der Waals surface area contributed by atoms with Crippen LogP contribution in [-0.2, 0) is 78.7 Å². The number of carbonyl (C=O) groups excluding carboxylic acids is 4. The number of para-hydroxylation sites is 4. The largest absolute Gasteiger partial charge is 0.379 e. The van der Waals surface area contributed by atoms with Crippen molar-refractivity contribution in [3.63, 3.8) is 0 Å². The van der Waals surface area contributed by atoms with Crippen LogP contribution in [0.1, 0.15) is 214 Å². The Morgan fingerprint density at radius 3 is 1.17 bits per heavy atom. The minimum atomic E-state index is -0.0968. The van der Waals surface area contributed by atoms with Crippen LogP contribution in [0.15, 0.2) is 180 Å². The van der Waals surface area contributed by atoms with Crippen molar-refractivity contribution < 1.29 is 66.2 Å². The molecular weight excluding hydrogens is 1440 g/mol. The van der Waals surface area contributed by atoms with Gasteiger partial charge in [0.15, 0.2) is 11.4 Å². The second kappa shape index (κ2) is 47.7. The summed E-state index contributed by atoms with van der Waals surface area (Å²) >= 11 is 0. The van der Waals surface area contributed by atoms with Crippen LogP contribution in [0.2, 0.25) is 0 Å². The maximum absolute atomic E-state index is 12.6. The van der Waals surface area contributed by atoms with Gasteiger partial charge in [0.1, 0.15) is 37.2 Å². The van der Waals surface area contributed by atoms with E-state index in [9.17, 15) is 19.2 Å². The van der Waals surface area contributed by atoms with E-state index in [1.807, 2.05) is 27.7 Å². The number of anilines is 2. The van der Waals surface area contributed by atoms with Crippen molar-refractivity contribution in [1.82, 2.24) is 0 Å². The molecule has 0 unspecified atom stereocenters. The number of unbranched alkanes of at least 4 members (excludes halogenated alkanes) is 4. The van der Waals surface area contributed by atoms with Crippen molar-refractivity contribution in [2.45, 2.75) is 214 Å². The monoisotopic (exact) mass is 1580 g/mol. The van der Waals surface area contributed by atoms with E-state index in [0.29, 0.717) is 156 Å². The first kappa shape index (κ1) is 92.9. The Labute approximate surface area is 690 Å². The zero-order valence-corrected chi connectivity index (χ0v) is 72.6. The van der Waals surface area contributed by atoms with Crippen LogP contribution in [0, 0.1) is 11.8 Å². The summed E-state index contributed by atoms with van der Waals surface area (Å²) in [4.78, 5) is 53.3. The second-order valence-electron chi connectivity index (χ2n) is 33.8. The van der Waals surface area contributed by atoms with E-state index in [4.69, 9.17) is 37.9 Å². The number of allylic oxidation sites excluding steroid dienone is 14. The van der Waals surface area contributed by atoms with Gasteiger partial charge in [-0.15, -0.1) is 0 Å². The lowest BCUT2D eigenvalue weighted by atomic mass is 9.81. The highest BCUT2D eigenvalue weighted by Crippen LogP contribution is 2.50. The number of benzene rings is 4. The minimum absolute atomic E-state index is 0.0251. The van der Waals surface area contributed by atoms with Crippen LogP contribution in [0.4, 0.5) is 22.7 Å². The Hall–Kier alpha value is -7.64. The van der Waals surface area contributed by atoms with E-state index in [1.165, 1.54) is 79.0 Å². The van der Waals surface area contributed by atoms with E-state index in [2.05, 4.69) is 246 Å². The molecule has 9 rings (SSSR count). The molecule has 16 nitrogen and oxygen atoms in total. The lowest BCUT2D eigenvalue weighted by Crippen LogP contribution is -2.27. The minimum Gasteiger partial charge on any atom is -0.379 e. The molecule has 626 valence electrons. The van der Waals surface area contributed by atoms with Crippen molar-refractivity contribution in [3.8, 4) is 0 Å². The molecule has 4 aliphatic heterocycles. The van der Waals surface area contributed by atoms with Crippen molar-refractivity contribution in [3.05, 3.63) is 203 Å². The SMILES string of the molecule is CC(C)C(=O)CCOCCOCCOCCOCCCC(=O)CCCCCN1/C(=C/C=C/C=C/C2=[N+](C)c3ccccc3C2(C)C)C(C)(C)c2ccccc21.CC(C)C(=O)CCOCCOCCOCCOCCCC(=O)CCCCCN1/C(=C/C=C2C=C(/C=C/C3=[N+](C)c4ccccc4C3(C)C)CCC/2)C(C)(C)c2ccccc21. The van der Waals surface area contributed by atoms with Crippen LogP contribution in [0.25, 0.3) is 0 Å². The maximum Gasteiger partial charge on any atom is 0.209 e. The fraction of sp³-hybridized carbons (Fsp3) is 0.556. The Morgan fingerprint density at radius 1 is 0.374 bits per heavy atom. The summed E-state index contributed by atoms with van der Waals surface area (Å²) in [6.07, 6.45) is 36.9. The molecule has 16 heteroatoms. The number of Topliss-reactive ketones (excluding diaryl/α,β-unsaturated/α-hetero) is 4. The van der Waals surface area contributed by atoms with Gasteiger partial charge in [0, 0.05) is 146 Å². The molecule has 0 atom stereocenters. The molecular formula is C99H140N4O12+2. The van der Waals surface area contributed by atoms with E-state index >= 15 is 0 Å². The highest BCUT2D eigenvalue weighted by atomic mass is 16.6. The fourth-order valence-electron chi connectivity index (χ4n) is 16.2. The Morgan fingerprint density at radius 2 is 0.748 bits per heavy atom. The van der Waals surface area contributed by atoms with Crippen LogP contribution >= 0.6 is 0 Å². The summed E-state index contributed by atoms with van der Waals surface area (Å²) in [5.74, 6) is 1.19. The normalized spacial score (nSPS) is 17.5. The molecule has 4 aromatic carbocycles. The highest BCUT2D eigenvalue weighted by molar-refractivity contribution is 6.04. The number of fused-ring (bicyclic) bond motifs is 4. The maximum atomic E-state index is 12.6. The van der Waals surface area contributed by atoms with Gasteiger partial charge in [-0.2, -0.15) is 9.15 Å². The summed E-state index contributed by atoms with van der Waals surface area (Å²) in [6, 6.07) is 35.0. The molecule has 0 bridgehead atoms. The molecule has 115 heavy (non-hydrogen) atoms. The Bertz CT molecular complexity index is 4080. The van der Waals surface area contributed by atoms with Crippen LogP contribution in [0.3, 0.4) is 0 Å². The highest BCUT2D eigenvalue weighted by Gasteiger charge is 2.45. The van der Waals surface area contributed by atoms with Gasteiger partial charge in [0.25, 0.3) is 0 Å². The van der Waals surface area contributed by atoms with E-state index in [0.717, 1.165) is 83.7 Å². The van der Waals surface area contributed by atoms with Gasteiger partial charge in [-0.25, -0.2) is 0 Å². The first-order chi connectivity index (χ1) is 55.4. The van der Waals surface area contributed by atoms with Crippen LogP contribution in [0.5, 0.6) is 0 Å². The molecule has 4 heterocycles. The Kier molecular flexibility index (Phi) is 38.5. The molecule has 4 aromatic rings. The van der Waals surface area contributed by atoms with Crippen molar-refractivity contribution in [2.75, 3.05) is 143 Å². The number of ether oxygens (including phenoxy) is 8. The molecule has 5 aliphatic rings. The second-order valence-corrected chi connectivity index (χ2v) is 33.8. The smallest absolute Gasteiger partial charge is 0.209 e. The van der Waals surface area contributed by atoms with Gasteiger partial charge in [-0.1, -0.05) is 177 Å². The number of rotatable bonds is 52. The average molecular weight is 1580 g/mol. The molecule has 0 saturated carbocycles. The first-order valence-corrected chi connectivity index (χ1v) is 43.1. The van der Waals surface area contributed by atoms with Crippen molar-refractivity contribution in [1.29, 1.82) is 0 Å². The molecule has 0 radical (unpaired) electrons. The Balaban J connectivity index is 0.000000289.